The molecule has 0 aromatic carbocycles. The largest absolute Gasteiger partial charge is 0.387 e. The molecule has 8 nitrogen and oxygen atoms in total. The van der Waals surface area contributed by atoms with Gasteiger partial charge in [-0.15, -0.1) is 0 Å². The molecule has 0 rings (SSSR count). The maximum Gasteiger partial charge on any atom is 0.199 e. The first-order valence-electron chi connectivity index (χ1n) is 5.06. The second-order valence-corrected chi connectivity index (χ2v) is 3.90. The lowest BCUT2D eigenvalue weighted by Gasteiger charge is -2.25. The van der Waals surface area contributed by atoms with Gasteiger partial charge in [-0.25, -0.2) is 0 Å². The molecular formula is C10H16O8. The van der Waals surface area contributed by atoms with Gasteiger partial charge in [0.25, 0.3) is 0 Å². The van der Waals surface area contributed by atoms with Crippen molar-refractivity contribution >= 4 is 17.3 Å². The fraction of sp³-hybridized carbons (Fsp3) is 0.700. The number of aliphatic hydroxyl groups excluding tert-OH is 5. The highest BCUT2D eigenvalue weighted by Crippen LogP contribution is 2.09. The summed E-state index contributed by atoms with van der Waals surface area (Å²) >= 11 is 0. The van der Waals surface area contributed by atoms with Crippen LogP contribution >= 0.6 is 0 Å². The lowest BCUT2D eigenvalue weighted by Crippen LogP contribution is -2.52. The van der Waals surface area contributed by atoms with Crippen molar-refractivity contribution in [3.63, 3.8) is 0 Å². The molecular weight excluding hydrogens is 248 g/mol. The van der Waals surface area contributed by atoms with Gasteiger partial charge in [0, 0.05) is 0 Å². The summed E-state index contributed by atoms with van der Waals surface area (Å²) in [7, 11) is 0. The smallest absolute Gasteiger partial charge is 0.199 e. The number of carbonyl (C=O) groups is 3. The molecule has 0 aliphatic heterocycles. The molecule has 0 heterocycles. The van der Waals surface area contributed by atoms with Crippen LogP contribution in [0.25, 0.3) is 0 Å². The summed E-state index contributed by atoms with van der Waals surface area (Å²) < 4.78 is 0. The zero-order valence-electron chi connectivity index (χ0n) is 9.85. The zero-order chi connectivity index (χ0) is 14.6. The van der Waals surface area contributed by atoms with Gasteiger partial charge in [0.1, 0.15) is 24.4 Å². The third kappa shape index (κ3) is 3.93. The predicted octanol–water partition coefficient (Wildman–Crippen LogP) is -3.46. The van der Waals surface area contributed by atoms with E-state index in [0.29, 0.717) is 0 Å². The van der Waals surface area contributed by atoms with E-state index in [-0.39, 0.29) is 0 Å². The highest BCUT2D eigenvalue weighted by Gasteiger charge is 2.39. The van der Waals surface area contributed by atoms with E-state index in [4.69, 9.17) is 10.2 Å². The lowest BCUT2D eigenvalue weighted by molar-refractivity contribution is -0.159. The molecule has 5 atom stereocenters. The van der Waals surface area contributed by atoms with Gasteiger partial charge >= 0.3 is 0 Å². The van der Waals surface area contributed by atoms with Crippen LogP contribution in [0.3, 0.4) is 0 Å². The molecule has 0 amide bonds. The van der Waals surface area contributed by atoms with Crippen molar-refractivity contribution in [2.24, 2.45) is 0 Å². The Bertz CT molecular complexity index is 339. The molecule has 18 heavy (non-hydrogen) atoms. The average Bonchev–Trinajstić information content (AvgIpc) is 2.32. The highest BCUT2D eigenvalue weighted by atomic mass is 16.4. The van der Waals surface area contributed by atoms with Crippen LogP contribution < -0.4 is 0 Å². The minimum Gasteiger partial charge on any atom is -0.387 e. The van der Waals surface area contributed by atoms with Crippen LogP contribution in [-0.2, 0) is 14.4 Å². The summed E-state index contributed by atoms with van der Waals surface area (Å²) in [5, 5.41) is 46.2. The molecule has 104 valence electrons. The maximum absolute atomic E-state index is 11.3. The van der Waals surface area contributed by atoms with E-state index < -0.39 is 47.9 Å². The zero-order valence-corrected chi connectivity index (χ0v) is 9.85. The van der Waals surface area contributed by atoms with Crippen molar-refractivity contribution in [2.45, 2.75) is 44.4 Å². The first-order chi connectivity index (χ1) is 8.11. The van der Waals surface area contributed by atoms with E-state index in [1.165, 1.54) is 0 Å². The van der Waals surface area contributed by atoms with Gasteiger partial charge in [-0.05, 0) is 13.8 Å². The van der Waals surface area contributed by atoms with E-state index in [2.05, 4.69) is 0 Å². The molecule has 0 bridgehead atoms. The third-order valence-electron chi connectivity index (χ3n) is 2.36. The van der Waals surface area contributed by atoms with Crippen molar-refractivity contribution in [3.8, 4) is 0 Å². The van der Waals surface area contributed by atoms with E-state index in [1.54, 1.807) is 0 Å². The van der Waals surface area contributed by atoms with Crippen molar-refractivity contribution in [1.82, 2.24) is 0 Å². The van der Waals surface area contributed by atoms with E-state index >= 15 is 0 Å². The summed E-state index contributed by atoms with van der Waals surface area (Å²) in [6.07, 6.45) is -10.7. The van der Waals surface area contributed by atoms with Crippen molar-refractivity contribution in [3.05, 3.63) is 0 Å². The van der Waals surface area contributed by atoms with Gasteiger partial charge in [-0.1, -0.05) is 0 Å². The molecule has 0 aromatic rings. The monoisotopic (exact) mass is 264 g/mol. The van der Waals surface area contributed by atoms with Gasteiger partial charge < -0.3 is 25.5 Å². The van der Waals surface area contributed by atoms with Crippen LogP contribution in [0.4, 0.5) is 0 Å². The SMILES string of the molecule is CC(=O)C(O)C(=O)C(O)C(O)C(O)C(O)C(C)=O. The van der Waals surface area contributed by atoms with Crippen LogP contribution in [0.2, 0.25) is 0 Å². The molecule has 5 unspecified atom stereocenters. The van der Waals surface area contributed by atoms with Gasteiger partial charge in [0.2, 0.25) is 0 Å². The Balaban J connectivity index is 4.78. The second kappa shape index (κ2) is 6.66. The number of hydrogen-bond donors (Lipinski definition) is 5. The van der Waals surface area contributed by atoms with Gasteiger partial charge in [-0.3, -0.25) is 14.4 Å². The molecule has 0 fully saturated rings. The minimum atomic E-state index is -2.30. The molecule has 0 aliphatic rings. The molecule has 8 heteroatoms. The number of rotatable bonds is 7. The number of ketones is 3. The average molecular weight is 264 g/mol. The Labute approximate surface area is 102 Å². The van der Waals surface area contributed by atoms with Crippen LogP contribution in [-0.4, -0.2) is 73.4 Å². The van der Waals surface area contributed by atoms with E-state index in [0.717, 1.165) is 13.8 Å². The summed E-state index contributed by atoms with van der Waals surface area (Å²) in [6, 6.07) is 0. The number of aliphatic hydroxyl groups is 5. The Morgan fingerprint density at radius 3 is 1.44 bits per heavy atom. The summed E-state index contributed by atoms with van der Waals surface area (Å²) in [5.41, 5.74) is 0. The molecule has 0 aliphatic carbocycles. The molecule has 5 N–H and O–H groups in total. The molecule has 0 radical (unpaired) electrons. The van der Waals surface area contributed by atoms with E-state index in [1.807, 2.05) is 0 Å². The van der Waals surface area contributed by atoms with Crippen LogP contribution in [0.15, 0.2) is 0 Å². The van der Waals surface area contributed by atoms with E-state index in [9.17, 15) is 29.7 Å². The number of hydrogen-bond acceptors (Lipinski definition) is 8. The topological polar surface area (TPSA) is 152 Å². The fourth-order valence-corrected chi connectivity index (χ4v) is 1.14. The van der Waals surface area contributed by atoms with Crippen molar-refractivity contribution < 1.29 is 39.9 Å². The molecule has 0 spiro atoms. The fourth-order valence-electron chi connectivity index (χ4n) is 1.14. The van der Waals surface area contributed by atoms with Crippen molar-refractivity contribution in [2.75, 3.05) is 0 Å². The van der Waals surface area contributed by atoms with Gasteiger partial charge in [-0.2, -0.15) is 0 Å². The Morgan fingerprint density at radius 2 is 1.11 bits per heavy atom. The molecule has 0 aromatic heterocycles. The Hall–Kier alpha value is -1.19. The number of carbonyl (C=O) groups excluding carboxylic acids is 3. The predicted molar refractivity (Wildman–Crippen MR) is 56.4 cm³/mol. The lowest BCUT2D eigenvalue weighted by atomic mass is 9.95. The number of Topliss-reactive ketones (excluding diaryl/α,β-unsaturated/α-hetero) is 3. The Morgan fingerprint density at radius 1 is 0.722 bits per heavy atom. The minimum absolute atomic E-state index is 0.881. The first-order valence-corrected chi connectivity index (χ1v) is 5.06. The van der Waals surface area contributed by atoms with Gasteiger partial charge in [0.05, 0.1) is 0 Å². The van der Waals surface area contributed by atoms with Crippen LogP contribution in [0.5, 0.6) is 0 Å². The Kier molecular flexibility index (Phi) is 6.22. The highest BCUT2D eigenvalue weighted by molar-refractivity contribution is 6.06. The summed E-state index contributed by atoms with van der Waals surface area (Å²) in [5.74, 6) is -3.26. The quantitative estimate of drug-likeness (QED) is 0.297. The van der Waals surface area contributed by atoms with Crippen LogP contribution in [0, 0.1) is 0 Å². The third-order valence-corrected chi connectivity index (χ3v) is 2.36. The first kappa shape index (κ1) is 16.8. The summed E-state index contributed by atoms with van der Waals surface area (Å²) in [4.78, 5) is 32.7. The standard InChI is InChI=1S/C10H16O8/c1-3(11)5(13)7(15)9(17)10(18)8(16)6(14)4(2)12/h5-7,9-10,13-15,17-18H,1-2H3. The maximum atomic E-state index is 11.3. The normalized spacial score (nSPS) is 19.5. The molecule has 0 saturated heterocycles. The van der Waals surface area contributed by atoms with Crippen LogP contribution in [0.1, 0.15) is 13.8 Å². The second-order valence-electron chi connectivity index (χ2n) is 3.90. The summed E-state index contributed by atoms with van der Waals surface area (Å²) in [6.45, 7) is 1.82. The van der Waals surface area contributed by atoms with Crippen molar-refractivity contribution in [1.29, 1.82) is 0 Å². The van der Waals surface area contributed by atoms with Gasteiger partial charge in [0.15, 0.2) is 23.5 Å². The molecule has 0 saturated carbocycles.